The Bertz CT molecular complexity index is 404. The first-order chi connectivity index (χ1) is 7.67. The maximum absolute atomic E-state index is 11.0. The second-order valence-corrected chi connectivity index (χ2v) is 3.36. The van der Waals surface area contributed by atoms with E-state index < -0.39 is 0 Å². The standard InChI is InChI=1S/C11H15N3O2/c1-3-16-11(15)7-13-6-9-4-10(5-12)14(2)8-9/h4,8,13H,3,6-7H2,1-2H3. The highest BCUT2D eigenvalue weighted by molar-refractivity contribution is 5.71. The van der Waals surface area contributed by atoms with E-state index in [1.165, 1.54) is 0 Å². The van der Waals surface area contributed by atoms with Crippen LogP contribution in [-0.2, 0) is 23.1 Å². The van der Waals surface area contributed by atoms with E-state index in [0.29, 0.717) is 18.8 Å². The molecule has 5 heteroatoms. The van der Waals surface area contributed by atoms with Crippen LogP contribution in [0.15, 0.2) is 12.3 Å². The van der Waals surface area contributed by atoms with Gasteiger partial charge in [-0.25, -0.2) is 0 Å². The van der Waals surface area contributed by atoms with Crippen LogP contribution in [0.5, 0.6) is 0 Å². The Hall–Kier alpha value is -1.80. The van der Waals surface area contributed by atoms with Gasteiger partial charge in [-0.1, -0.05) is 0 Å². The zero-order chi connectivity index (χ0) is 12.0. The van der Waals surface area contributed by atoms with Crippen LogP contribution in [0.3, 0.4) is 0 Å². The molecule has 1 N–H and O–H groups in total. The summed E-state index contributed by atoms with van der Waals surface area (Å²) in [5.41, 5.74) is 1.58. The number of aryl methyl sites for hydroxylation is 1. The molecule has 0 aliphatic carbocycles. The maximum atomic E-state index is 11.0. The third-order valence-electron chi connectivity index (χ3n) is 2.08. The Balaban J connectivity index is 2.38. The van der Waals surface area contributed by atoms with Gasteiger partial charge in [0.15, 0.2) is 0 Å². The summed E-state index contributed by atoms with van der Waals surface area (Å²) in [6.45, 7) is 2.90. The van der Waals surface area contributed by atoms with Gasteiger partial charge in [0.05, 0.1) is 13.2 Å². The molecule has 0 radical (unpaired) electrons. The van der Waals surface area contributed by atoms with Crippen molar-refractivity contribution in [1.82, 2.24) is 9.88 Å². The highest BCUT2D eigenvalue weighted by Gasteiger charge is 2.04. The molecule has 1 heterocycles. The van der Waals surface area contributed by atoms with Gasteiger partial charge in [-0.15, -0.1) is 0 Å². The molecular formula is C11H15N3O2. The lowest BCUT2D eigenvalue weighted by atomic mass is 10.3. The van der Waals surface area contributed by atoms with Gasteiger partial charge < -0.3 is 14.6 Å². The number of hydrogen-bond acceptors (Lipinski definition) is 4. The molecule has 0 fully saturated rings. The molecule has 0 saturated carbocycles. The van der Waals surface area contributed by atoms with Crippen LogP contribution in [-0.4, -0.2) is 23.7 Å². The molecule has 1 rings (SSSR count). The largest absolute Gasteiger partial charge is 0.465 e. The Morgan fingerprint density at radius 2 is 2.44 bits per heavy atom. The van der Waals surface area contributed by atoms with Crippen molar-refractivity contribution in [3.05, 3.63) is 23.5 Å². The van der Waals surface area contributed by atoms with Crippen LogP contribution in [0.2, 0.25) is 0 Å². The lowest BCUT2D eigenvalue weighted by Gasteiger charge is -2.02. The Morgan fingerprint density at radius 3 is 3.00 bits per heavy atom. The highest BCUT2D eigenvalue weighted by atomic mass is 16.5. The molecule has 1 aromatic heterocycles. The summed E-state index contributed by atoms with van der Waals surface area (Å²) in [7, 11) is 1.81. The summed E-state index contributed by atoms with van der Waals surface area (Å²) < 4.78 is 6.52. The number of nitriles is 1. The third kappa shape index (κ3) is 3.41. The smallest absolute Gasteiger partial charge is 0.319 e. The number of hydrogen-bond donors (Lipinski definition) is 1. The van der Waals surface area contributed by atoms with E-state index in [2.05, 4.69) is 11.4 Å². The second-order valence-electron chi connectivity index (χ2n) is 3.36. The van der Waals surface area contributed by atoms with Crippen molar-refractivity contribution >= 4 is 5.97 Å². The average molecular weight is 221 g/mol. The van der Waals surface area contributed by atoms with Crippen molar-refractivity contribution in [2.24, 2.45) is 7.05 Å². The fourth-order valence-corrected chi connectivity index (χ4v) is 1.36. The van der Waals surface area contributed by atoms with Crippen molar-refractivity contribution in [2.45, 2.75) is 13.5 Å². The Labute approximate surface area is 94.6 Å². The van der Waals surface area contributed by atoms with Crippen LogP contribution >= 0.6 is 0 Å². The minimum absolute atomic E-state index is 0.185. The second kappa shape index (κ2) is 5.93. The normalized spacial score (nSPS) is 9.81. The third-order valence-corrected chi connectivity index (χ3v) is 2.08. The number of carbonyl (C=O) groups is 1. The van der Waals surface area contributed by atoms with E-state index in [1.807, 2.05) is 13.2 Å². The Morgan fingerprint density at radius 1 is 1.69 bits per heavy atom. The van der Waals surface area contributed by atoms with Crippen LogP contribution < -0.4 is 5.32 Å². The molecule has 0 unspecified atom stereocenters. The van der Waals surface area contributed by atoms with Gasteiger partial charge in [0.2, 0.25) is 0 Å². The predicted octanol–water partition coefficient (Wildman–Crippen LogP) is 0.549. The monoisotopic (exact) mass is 221 g/mol. The minimum atomic E-state index is -0.265. The van der Waals surface area contributed by atoms with Crippen molar-refractivity contribution in [1.29, 1.82) is 5.26 Å². The summed E-state index contributed by atoms with van der Waals surface area (Å²) in [6.07, 6.45) is 1.86. The van der Waals surface area contributed by atoms with E-state index in [4.69, 9.17) is 10.00 Å². The molecule has 16 heavy (non-hydrogen) atoms. The van der Waals surface area contributed by atoms with Gasteiger partial charge in [-0.3, -0.25) is 4.79 Å². The molecule has 0 amide bonds. The summed E-state index contributed by atoms with van der Waals surface area (Å²) >= 11 is 0. The zero-order valence-corrected chi connectivity index (χ0v) is 9.49. The van der Waals surface area contributed by atoms with Crippen LogP contribution in [0.25, 0.3) is 0 Å². The molecular weight excluding hydrogens is 206 g/mol. The summed E-state index contributed by atoms with van der Waals surface area (Å²) in [5.74, 6) is -0.265. The number of nitrogens with one attached hydrogen (secondary N) is 1. The van der Waals surface area contributed by atoms with Crippen LogP contribution in [0.4, 0.5) is 0 Å². The van der Waals surface area contributed by atoms with Crippen LogP contribution in [0.1, 0.15) is 18.2 Å². The quantitative estimate of drug-likeness (QED) is 0.737. The van der Waals surface area contributed by atoms with Crippen molar-refractivity contribution in [3.63, 3.8) is 0 Å². The molecule has 0 aromatic carbocycles. The molecule has 0 spiro atoms. The highest BCUT2D eigenvalue weighted by Crippen LogP contribution is 2.05. The molecule has 0 atom stereocenters. The first-order valence-electron chi connectivity index (χ1n) is 5.09. The molecule has 86 valence electrons. The SMILES string of the molecule is CCOC(=O)CNCc1cc(C#N)n(C)c1. The molecule has 0 bridgehead atoms. The topological polar surface area (TPSA) is 67.0 Å². The van der Waals surface area contributed by atoms with Crippen molar-refractivity contribution < 1.29 is 9.53 Å². The first kappa shape index (κ1) is 12.3. The minimum Gasteiger partial charge on any atom is -0.465 e. The summed E-state index contributed by atoms with van der Waals surface area (Å²) in [6, 6.07) is 3.87. The fourth-order valence-electron chi connectivity index (χ4n) is 1.36. The average Bonchev–Trinajstić information content (AvgIpc) is 2.59. The first-order valence-corrected chi connectivity index (χ1v) is 5.09. The Kier molecular flexibility index (Phi) is 4.55. The predicted molar refractivity (Wildman–Crippen MR) is 58.5 cm³/mol. The lowest BCUT2D eigenvalue weighted by Crippen LogP contribution is -2.24. The fraction of sp³-hybridized carbons (Fsp3) is 0.455. The molecule has 0 aliphatic rings. The van der Waals surface area contributed by atoms with Crippen LogP contribution in [0, 0.1) is 11.3 Å². The van der Waals surface area contributed by atoms with E-state index in [0.717, 1.165) is 5.56 Å². The van der Waals surface area contributed by atoms with E-state index in [-0.39, 0.29) is 12.5 Å². The van der Waals surface area contributed by atoms with Gasteiger partial charge in [0.25, 0.3) is 0 Å². The summed E-state index contributed by atoms with van der Waals surface area (Å²) in [5, 5.41) is 11.7. The molecule has 0 saturated heterocycles. The number of nitrogens with zero attached hydrogens (tertiary/aromatic N) is 2. The number of rotatable bonds is 5. The number of aromatic nitrogens is 1. The van der Waals surface area contributed by atoms with Crippen molar-refractivity contribution in [2.75, 3.05) is 13.2 Å². The molecule has 0 aliphatic heterocycles. The van der Waals surface area contributed by atoms with Crippen molar-refractivity contribution in [3.8, 4) is 6.07 Å². The van der Waals surface area contributed by atoms with Gasteiger partial charge in [0.1, 0.15) is 11.8 Å². The van der Waals surface area contributed by atoms with E-state index >= 15 is 0 Å². The zero-order valence-electron chi connectivity index (χ0n) is 9.49. The van der Waals surface area contributed by atoms with Gasteiger partial charge in [0, 0.05) is 19.8 Å². The van der Waals surface area contributed by atoms with Gasteiger partial charge in [-0.2, -0.15) is 5.26 Å². The van der Waals surface area contributed by atoms with Gasteiger partial charge in [-0.05, 0) is 18.6 Å². The van der Waals surface area contributed by atoms with E-state index in [1.54, 1.807) is 17.6 Å². The lowest BCUT2D eigenvalue weighted by molar-refractivity contribution is -0.142. The molecule has 1 aromatic rings. The molecule has 5 nitrogen and oxygen atoms in total. The number of carbonyl (C=O) groups excluding carboxylic acids is 1. The maximum Gasteiger partial charge on any atom is 0.319 e. The van der Waals surface area contributed by atoms with E-state index in [9.17, 15) is 4.79 Å². The van der Waals surface area contributed by atoms with Gasteiger partial charge >= 0.3 is 5.97 Å². The number of esters is 1. The number of ether oxygens (including phenoxy) is 1. The summed E-state index contributed by atoms with van der Waals surface area (Å²) in [4.78, 5) is 11.0.